The smallest absolute Gasteiger partial charge is 0.233 e. The molecule has 1 fully saturated rings. The Bertz CT molecular complexity index is 1170. The van der Waals surface area contributed by atoms with Crippen molar-refractivity contribution in [2.75, 3.05) is 44.3 Å². The predicted molar refractivity (Wildman–Crippen MR) is 134 cm³/mol. The van der Waals surface area contributed by atoms with Gasteiger partial charge in [0.1, 0.15) is 0 Å². The molecule has 1 aromatic heterocycles. The molecule has 0 aliphatic carbocycles. The van der Waals surface area contributed by atoms with Crippen LogP contribution in [-0.4, -0.2) is 55.2 Å². The van der Waals surface area contributed by atoms with Gasteiger partial charge in [0, 0.05) is 26.2 Å². The zero-order valence-electron chi connectivity index (χ0n) is 17.8. The molecule has 0 N–H and O–H groups in total. The minimum absolute atomic E-state index is 0. The van der Waals surface area contributed by atoms with Crippen LogP contribution in [0.1, 0.15) is 5.56 Å². The SMILES string of the molecule is Cl.O=C(Cc1cccc2ccccc12)N(CCN1CCOCC1)c1nc2ccccc2s1. The van der Waals surface area contributed by atoms with Crippen LogP contribution < -0.4 is 4.90 Å². The number of morpholine rings is 1. The van der Waals surface area contributed by atoms with E-state index in [9.17, 15) is 4.79 Å². The van der Waals surface area contributed by atoms with Crippen LogP contribution in [0.2, 0.25) is 0 Å². The maximum absolute atomic E-state index is 13.6. The normalized spacial score (nSPS) is 14.4. The Balaban J connectivity index is 0.00000245. The van der Waals surface area contributed by atoms with E-state index in [0.29, 0.717) is 13.0 Å². The van der Waals surface area contributed by atoms with Crippen molar-refractivity contribution in [3.05, 3.63) is 72.3 Å². The number of halogens is 1. The number of carbonyl (C=O) groups excluding carboxylic acids is 1. The Morgan fingerprint density at radius 2 is 1.75 bits per heavy atom. The number of rotatable bonds is 6. The first-order valence-corrected chi connectivity index (χ1v) is 11.5. The number of hydrogen-bond acceptors (Lipinski definition) is 5. The standard InChI is InChI=1S/C25H25N3O2S.ClH/c29-24(18-20-8-5-7-19-6-1-2-9-21(19)20)28(13-12-27-14-16-30-17-15-27)25-26-22-10-3-4-11-23(22)31-25;/h1-11H,12-18H2;1H. The number of para-hydroxylation sites is 1. The number of ether oxygens (including phenoxy) is 1. The fourth-order valence-electron chi connectivity index (χ4n) is 4.07. The second kappa shape index (κ2) is 10.4. The topological polar surface area (TPSA) is 45.7 Å². The number of amides is 1. The van der Waals surface area contributed by atoms with Crippen molar-refractivity contribution in [3.8, 4) is 0 Å². The molecule has 0 unspecified atom stereocenters. The minimum atomic E-state index is 0. The van der Waals surface area contributed by atoms with E-state index in [2.05, 4.69) is 35.2 Å². The van der Waals surface area contributed by atoms with Crippen molar-refractivity contribution in [3.63, 3.8) is 0 Å². The summed E-state index contributed by atoms with van der Waals surface area (Å²) in [6.07, 6.45) is 0.361. The van der Waals surface area contributed by atoms with E-state index < -0.39 is 0 Å². The molecule has 7 heteroatoms. The average Bonchev–Trinajstić information content (AvgIpc) is 3.24. The van der Waals surface area contributed by atoms with Crippen molar-refractivity contribution in [1.82, 2.24) is 9.88 Å². The van der Waals surface area contributed by atoms with Crippen LogP contribution in [-0.2, 0) is 16.0 Å². The Hall–Kier alpha value is -2.51. The number of hydrogen-bond donors (Lipinski definition) is 0. The number of fused-ring (bicyclic) bond motifs is 2. The van der Waals surface area contributed by atoms with Gasteiger partial charge in [-0.2, -0.15) is 0 Å². The minimum Gasteiger partial charge on any atom is -0.379 e. The van der Waals surface area contributed by atoms with Gasteiger partial charge < -0.3 is 4.74 Å². The van der Waals surface area contributed by atoms with Gasteiger partial charge in [0.25, 0.3) is 0 Å². The van der Waals surface area contributed by atoms with Crippen molar-refractivity contribution in [1.29, 1.82) is 0 Å². The van der Waals surface area contributed by atoms with Gasteiger partial charge in [-0.05, 0) is 28.5 Å². The first kappa shape index (κ1) is 22.7. The van der Waals surface area contributed by atoms with E-state index in [0.717, 1.165) is 64.5 Å². The maximum atomic E-state index is 13.6. The summed E-state index contributed by atoms with van der Waals surface area (Å²) in [6.45, 7) is 4.77. The van der Waals surface area contributed by atoms with Crippen LogP contribution in [0.25, 0.3) is 21.0 Å². The van der Waals surface area contributed by atoms with E-state index in [1.165, 1.54) is 0 Å². The molecule has 1 amide bonds. The Kier molecular flexibility index (Phi) is 7.37. The Labute approximate surface area is 198 Å². The fourth-order valence-corrected chi connectivity index (χ4v) is 5.08. The molecule has 32 heavy (non-hydrogen) atoms. The number of nitrogens with zero attached hydrogens (tertiary/aromatic N) is 3. The van der Waals surface area contributed by atoms with E-state index in [4.69, 9.17) is 9.72 Å². The highest BCUT2D eigenvalue weighted by atomic mass is 35.5. The van der Waals surface area contributed by atoms with E-state index in [-0.39, 0.29) is 18.3 Å². The van der Waals surface area contributed by atoms with Gasteiger partial charge in [-0.25, -0.2) is 4.98 Å². The Morgan fingerprint density at radius 1 is 1.00 bits per heavy atom. The lowest BCUT2D eigenvalue weighted by molar-refractivity contribution is -0.118. The van der Waals surface area contributed by atoms with Crippen LogP contribution in [0.15, 0.2) is 66.7 Å². The largest absolute Gasteiger partial charge is 0.379 e. The molecule has 1 saturated heterocycles. The first-order chi connectivity index (χ1) is 15.3. The van der Waals surface area contributed by atoms with Gasteiger partial charge in [-0.3, -0.25) is 14.6 Å². The summed E-state index contributed by atoms with van der Waals surface area (Å²) >= 11 is 1.59. The van der Waals surface area contributed by atoms with Gasteiger partial charge in [0.15, 0.2) is 5.13 Å². The third-order valence-corrected chi connectivity index (χ3v) is 6.84. The van der Waals surface area contributed by atoms with Gasteiger partial charge in [-0.15, -0.1) is 12.4 Å². The van der Waals surface area contributed by atoms with Crippen LogP contribution >= 0.6 is 23.7 Å². The average molecular weight is 468 g/mol. The number of aromatic nitrogens is 1. The van der Waals surface area contributed by atoms with Gasteiger partial charge in [-0.1, -0.05) is 65.9 Å². The number of benzene rings is 3. The maximum Gasteiger partial charge on any atom is 0.233 e. The summed E-state index contributed by atoms with van der Waals surface area (Å²) in [7, 11) is 0. The third-order valence-electron chi connectivity index (χ3n) is 5.78. The monoisotopic (exact) mass is 467 g/mol. The van der Waals surface area contributed by atoms with Crippen molar-refractivity contribution < 1.29 is 9.53 Å². The van der Waals surface area contributed by atoms with Gasteiger partial charge in [0.05, 0.1) is 29.9 Å². The molecule has 2 heterocycles. The third kappa shape index (κ3) is 4.94. The summed E-state index contributed by atoms with van der Waals surface area (Å²) in [6, 6.07) is 22.5. The summed E-state index contributed by atoms with van der Waals surface area (Å²) < 4.78 is 6.57. The van der Waals surface area contributed by atoms with Crippen molar-refractivity contribution >= 4 is 55.8 Å². The summed E-state index contributed by atoms with van der Waals surface area (Å²) in [4.78, 5) is 22.6. The van der Waals surface area contributed by atoms with Crippen LogP contribution in [0, 0.1) is 0 Å². The van der Waals surface area contributed by atoms with Crippen molar-refractivity contribution in [2.24, 2.45) is 0 Å². The molecule has 1 aliphatic rings. The lowest BCUT2D eigenvalue weighted by Gasteiger charge is -2.29. The van der Waals surface area contributed by atoms with E-state index >= 15 is 0 Å². The molecule has 0 spiro atoms. The second-order valence-electron chi connectivity index (χ2n) is 7.78. The van der Waals surface area contributed by atoms with Gasteiger partial charge in [0.2, 0.25) is 5.91 Å². The molecule has 3 aromatic carbocycles. The van der Waals surface area contributed by atoms with Crippen LogP contribution in [0.5, 0.6) is 0 Å². The highest BCUT2D eigenvalue weighted by molar-refractivity contribution is 7.22. The molecular weight excluding hydrogens is 442 g/mol. The molecule has 0 bridgehead atoms. The zero-order chi connectivity index (χ0) is 21.0. The predicted octanol–water partition coefficient (Wildman–Crippen LogP) is 4.78. The molecule has 1 aliphatic heterocycles. The molecule has 4 aromatic rings. The number of thiazole rings is 1. The highest BCUT2D eigenvalue weighted by Crippen LogP contribution is 2.29. The molecular formula is C25H26ClN3O2S. The molecule has 0 radical (unpaired) electrons. The molecule has 0 atom stereocenters. The molecule has 166 valence electrons. The van der Waals surface area contributed by atoms with E-state index in [1.807, 2.05) is 41.3 Å². The second-order valence-corrected chi connectivity index (χ2v) is 8.79. The lowest BCUT2D eigenvalue weighted by Crippen LogP contribution is -2.43. The van der Waals surface area contributed by atoms with Crippen molar-refractivity contribution in [2.45, 2.75) is 6.42 Å². The van der Waals surface area contributed by atoms with Gasteiger partial charge >= 0.3 is 0 Å². The Morgan fingerprint density at radius 3 is 2.59 bits per heavy atom. The summed E-state index contributed by atoms with van der Waals surface area (Å²) in [5, 5.41) is 3.07. The molecule has 0 saturated carbocycles. The number of carbonyl (C=O) groups is 1. The highest BCUT2D eigenvalue weighted by Gasteiger charge is 2.22. The lowest BCUT2D eigenvalue weighted by atomic mass is 10.0. The zero-order valence-corrected chi connectivity index (χ0v) is 19.4. The number of anilines is 1. The van der Waals surface area contributed by atoms with E-state index in [1.54, 1.807) is 11.3 Å². The summed E-state index contributed by atoms with van der Waals surface area (Å²) in [5.74, 6) is 0.0867. The quantitative estimate of drug-likeness (QED) is 0.409. The molecule has 5 rings (SSSR count). The molecule has 5 nitrogen and oxygen atoms in total. The first-order valence-electron chi connectivity index (χ1n) is 10.7. The fraction of sp³-hybridized carbons (Fsp3) is 0.280. The van der Waals surface area contributed by atoms with Crippen LogP contribution in [0.3, 0.4) is 0 Å². The van der Waals surface area contributed by atoms with Crippen LogP contribution in [0.4, 0.5) is 5.13 Å². The summed E-state index contributed by atoms with van der Waals surface area (Å²) in [5.41, 5.74) is 2.00.